The van der Waals surface area contributed by atoms with Crippen molar-refractivity contribution in [3.05, 3.63) is 35.1 Å². The van der Waals surface area contributed by atoms with Crippen LogP contribution in [0.5, 0.6) is 0 Å². The molecule has 6 heteroatoms. The molecule has 0 aliphatic carbocycles. The highest BCUT2D eigenvalue weighted by molar-refractivity contribution is 5.97. The highest BCUT2D eigenvalue weighted by Crippen LogP contribution is 2.33. The van der Waals surface area contributed by atoms with Gasteiger partial charge in [0.1, 0.15) is 5.82 Å². The molecular weight excluding hydrogens is 276 g/mol. The Hall–Kier alpha value is -1.43. The van der Waals surface area contributed by atoms with E-state index in [1.54, 1.807) is 0 Å². The fraction of sp³-hybridized carbons (Fsp3) is 0.500. The van der Waals surface area contributed by atoms with E-state index in [-0.39, 0.29) is 12.3 Å². The van der Waals surface area contributed by atoms with Crippen LogP contribution in [0.25, 0.3) is 0 Å². The second-order valence-electron chi connectivity index (χ2n) is 4.87. The summed E-state index contributed by atoms with van der Waals surface area (Å²) in [5.74, 6) is -1.50. The first-order valence-electron chi connectivity index (χ1n) is 6.35. The van der Waals surface area contributed by atoms with Crippen molar-refractivity contribution in [3.63, 3.8) is 0 Å². The van der Waals surface area contributed by atoms with Crippen molar-refractivity contribution in [2.24, 2.45) is 5.92 Å². The Morgan fingerprint density at radius 1 is 1.25 bits per heavy atom. The van der Waals surface area contributed by atoms with Crippen molar-refractivity contribution in [1.29, 1.82) is 0 Å². The molecule has 20 heavy (non-hydrogen) atoms. The fourth-order valence-electron chi connectivity index (χ4n) is 2.32. The summed E-state index contributed by atoms with van der Waals surface area (Å²) in [7, 11) is 0. The lowest BCUT2D eigenvalue weighted by Crippen LogP contribution is -2.20. The van der Waals surface area contributed by atoms with Crippen LogP contribution in [0.4, 0.5) is 17.6 Å². The molecule has 0 atom stereocenters. The number of benzene rings is 1. The molecule has 0 saturated carbocycles. The Kier molecular flexibility index (Phi) is 4.42. The minimum absolute atomic E-state index is 0.000557. The van der Waals surface area contributed by atoms with Crippen LogP contribution in [-0.2, 0) is 10.9 Å². The quantitative estimate of drug-likeness (QED) is 0.624. The maximum Gasteiger partial charge on any atom is 0.417 e. The number of alkyl halides is 3. The minimum atomic E-state index is -4.66. The topological polar surface area (TPSA) is 26.3 Å². The molecule has 0 bridgehead atoms. The van der Waals surface area contributed by atoms with Crippen LogP contribution in [0, 0.1) is 11.7 Å². The summed E-state index contributed by atoms with van der Waals surface area (Å²) < 4.78 is 56.7. The van der Waals surface area contributed by atoms with Crippen LogP contribution in [0.1, 0.15) is 35.2 Å². The molecule has 0 unspecified atom stereocenters. The molecule has 1 aromatic rings. The molecule has 0 spiro atoms. The average molecular weight is 290 g/mol. The molecule has 2 rings (SSSR count). The van der Waals surface area contributed by atoms with E-state index in [0.29, 0.717) is 44.3 Å². The van der Waals surface area contributed by atoms with Crippen LogP contribution < -0.4 is 0 Å². The lowest BCUT2D eigenvalue weighted by atomic mass is 9.90. The Bertz CT molecular complexity index is 490. The van der Waals surface area contributed by atoms with Gasteiger partial charge in [0.25, 0.3) is 0 Å². The van der Waals surface area contributed by atoms with Gasteiger partial charge in [-0.1, -0.05) is 0 Å². The zero-order valence-electron chi connectivity index (χ0n) is 10.7. The molecule has 0 amide bonds. The van der Waals surface area contributed by atoms with Crippen molar-refractivity contribution in [2.75, 3.05) is 13.2 Å². The number of hydrogen-bond acceptors (Lipinski definition) is 2. The van der Waals surface area contributed by atoms with Gasteiger partial charge in [-0.2, -0.15) is 13.2 Å². The van der Waals surface area contributed by atoms with E-state index in [2.05, 4.69) is 0 Å². The smallest absolute Gasteiger partial charge is 0.381 e. The van der Waals surface area contributed by atoms with E-state index >= 15 is 0 Å². The summed E-state index contributed by atoms with van der Waals surface area (Å²) in [4.78, 5) is 12.0. The zero-order chi connectivity index (χ0) is 14.8. The Labute approximate surface area is 113 Å². The second kappa shape index (κ2) is 5.91. The normalized spacial score (nSPS) is 17.2. The molecule has 0 aromatic heterocycles. The van der Waals surface area contributed by atoms with E-state index < -0.39 is 28.9 Å². The Balaban J connectivity index is 2.21. The summed E-state index contributed by atoms with van der Waals surface area (Å²) in [6.45, 7) is 1.01. The fourth-order valence-corrected chi connectivity index (χ4v) is 2.32. The molecule has 1 aliphatic rings. The van der Waals surface area contributed by atoms with Crippen molar-refractivity contribution >= 4 is 5.78 Å². The lowest BCUT2D eigenvalue weighted by molar-refractivity contribution is -0.138. The van der Waals surface area contributed by atoms with Crippen LogP contribution in [0.3, 0.4) is 0 Å². The third-order valence-electron chi connectivity index (χ3n) is 3.40. The van der Waals surface area contributed by atoms with E-state index in [0.717, 1.165) is 0 Å². The van der Waals surface area contributed by atoms with Gasteiger partial charge in [-0.3, -0.25) is 4.79 Å². The maximum absolute atomic E-state index is 13.1. The Morgan fingerprint density at radius 2 is 1.90 bits per heavy atom. The molecule has 1 fully saturated rings. The molecule has 0 N–H and O–H groups in total. The monoisotopic (exact) mass is 290 g/mol. The number of rotatable bonds is 3. The number of Topliss-reactive ketones (excluding diaryl/α,β-unsaturated/α-hetero) is 1. The van der Waals surface area contributed by atoms with Gasteiger partial charge in [-0.15, -0.1) is 0 Å². The highest BCUT2D eigenvalue weighted by Gasteiger charge is 2.35. The van der Waals surface area contributed by atoms with Gasteiger partial charge in [-0.25, -0.2) is 4.39 Å². The largest absolute Gasteiger partial charge is 0.417 e. The molecule has 0 radical (unpaired) electrons. The van der Waals surface area contributed by atoms with Gasteiger partial charge in [0.05, 0.1) is 5.56 Å². The molecule has 2 nitrogen and oxygen atoms in total. The van der Waals surface area contributed by atoms with Gasteiger partial charge < -0.3 is 4.74 Å². The third-order valence-corrected chi connectivity index (χ3v) is 3.40. The van der Waals surface area contributed by atoms with Crippen molar-refractivity contribution in [1.82, 2.24) is 0 Å². The average Bonchev–Trinajstić information content (AvgIpc) is 2.38. The van der Waals surface area contributed by atoms with Gasteiger partial charge in [0, 0.05) is 25.2 Å². The summed E-state index contributed by atoms with van der Waals surface area (Å²) in [6, 6.07) is 2.01. The molecule has 1 heterocycles. The lowest BCUT2D eigenvalue weighted by Gasteiger charge is -2.22. The van der Waals surface area contributed by atoms with E-state index in [1.807, 2.05) is 0 Å². The van der Waals surface area contributed by atoms with Crippen molar-refractivity contribution < 1.29 is 27.1 Å². The first-order valence-corrected chi connectivity index (χ1v) is 6.35. The van der Waals surface area contributed by atoms with Gasteiger partial charge >= 0.3 is 6.18 Å². The molecule has 1 aliphatic heterocycles. The van der Waals surface area contributed by atoms with Gasteiger partial charge in [0.2, 0.25) is 0 Å². The van der Waals surface area contributed by atoms with E-state index in [9.17, 15) is 22.4 Å². The molecule has 110 valence electrons. The molecule has 1 aromatic carbocycles. The highest BCUT2D eigenvalue weighted by atomic mass is 19.4. The maximum atomic E-state index is 13.1. The van der Waals surface area contributed by atoms with Crippen molar-refractivity contribution in [2.45, 2.75) is 25.4 Å². The van der Waals surface area contributed by atoms with E-state index in [1.165, 1.54) is 0 Å². The number of carbonyl (C=O) groups is 1. The zero-order valence-corrected chi connectivity index (χ0v) is 10.7. The summed E-state index contributed by atoms with van der Waals surface area (Å²) in [5, 5.41) is 0. The van der Waals surface area contributed by atoms with Crippen LogP contribution in [-0.4, -0.2) is 19.0 Å². The SMILES string of the molecule is O=C(CC1CCOCC1)c1cc(F)ccc1C(F)(F)F. The van der Waals surface area contributed by atoms with Crippen molar-refractivity contribution in [3.8, 4) is 0 Å². The first-order chi connectivity index (χ1) is 9.38. The number of ketones is 1. The van der Waals surface area contributed by atoms with Crippen LogP contribution in [0.15, 0.2) is 18.2 Å². The van der Waals surface area contributed by atoms with E-state index in [4.69, 9.17) is 4.74 Å². The summed E-state index contributed by atoms with van der Waals surface area (Å²) in [5.41, 5.74) is -1.65. The second-order valence-corrected chi connectivity index (χ2v) is 4.87. The van der Waals surface area contributed by atoms with Crippen LogP contribution >= 0.6 is 0 Å². The number of halogens is 4. The third kappa shape index (κ3) is 3.56. The summed E-state index contributed by atoms with van der Waals surface area (Å²) in [6.07, 6.45) is -3.38. The predicted octanol–water partition coefficient (Wildman–Crippen LogP) is 3.84. The Morgan fingerprint density at radius 3 is 2.50 bits per heavy atom. The van der Waals surface area contributed by atoms with Gasteiger partial charge in [-0.05, 0) is 37.0 Å². The molecule has 1 saturated heterocycles. The number of hydrogen-bond donors (Lipinski definition) is 0. The summed E-state index contributed by atoms with van der Waals surface area (Å²) >= 11 is 0. The minimum Gasteiger partial charge on any atom is -0.381 e. The number of carbonyl (C=O) groups excluding carboxylic acids is 1. The standard InChI is InChI=1S/C14H14F4O2/c15-10-1-2-12(14(16,17)18)11(8-10)13(19)7-9-3-5-20-6-4-9/h1-2,8-9H,3-7H2. The molecular formula is C14H14F4O2. The van der Waals surface area contributed by atoms with Gasteiger partial charge in [0.15, 0.2) is 5.78 Å². The number of ether oxygens (including phenoxy) is 1. The first kappa shape index (κ1) is 15.0. The van der Waals surface area contributed by atoms with Crippen LogP contribution in [0.2, 0.25) is 0 Å². The predicted molar refractivity (Wildman–Crippen MR) is 63.9 cm³/mol.